The van der Waals surface area contributed by atoms with E-state index in [1.807, 2.05) is 24.3 Å². The number of nitrogens with one attached hydrogen (secondary N) is 1. The molecule has 0 aliphatic rings. The first-order valence-corrected chi connectivity index (χ1v) is 8.72. The first-order valence-electron chi connectivity index (χ1n) is 8.34. The van der Waals surface area contributed by atoms with E-state index >= 15 is 0 Å². The largest absolute Gasteiger partial charge is 0.454 e. The number of ether oxygens (including phenoxy) is 1. The van der Waals surface area contributed by atoms with Crippen LogP contribution in [0.2, 0.25) is 5.02 Å². The third-order valence-corrected chi connectivity index (χ3v) is 4.17. The Balaban J connectivity index is 1.57. The summed E-state index contributed by atoms with van der Waals surface area (Å²) >= 11 is 6.16. The van der Waals surface area contributed by atoms with Gasteiger partial charge in [-0.3, -0.25) is 4.79 Å². The number of pyridine rings is 1. The zero-order valence-electron chi connectivity index (χ0n) is 14.5. The predicted molar refractivity (Wildman–Crippen MR) is 105 cm³/mol. The van der Waals surface area contributed by atoms with E-state index < -0.39 is 0 Å². The summed E-state index contributed by atoms with van der Waals surface area (Å²) < 4.78 is 7.36. The van der Waals surface area contributed by atoms with Crippen molar-refractivity contribution in [3.8, 4) is 17.3 Å². The predicted octanol–water partition coefficient (Wildman–Crippen LogP) is 4.36. The zero-order valence-corrected chi connectivity index (χ0v) is 15.2. The maximum absolute atomic E-state index is 12.7. The molecule has 2 heterocycles. The quantitative estimate of drug-likeness (QED) is 0.546. The number of nitrogens with zero attached hydrogens (tertiary/aromatic N) is 4. The molecule has 138 valence electrons. The maximum Gasteiger partial charge on any atom is 0.255 e. The van der Waals surface area contributed by atoms with Gasteiger partial charge >= 0.3 is 0 Å². The molecule has 8 heteroatoms. The molecule has 1 amide bonds. The van der Waals surface area contributed by atoms with Crippen molar-refractivity contribution in [2.75, 3.05) is 5.32 Å². The van der Waals surface area contributed by atoms with Gasteiger partial charge < -0.3 is 10.1 Å². The van der Waals surface area contributed by atoms with Crippen LogP contribution in [0.3, 0.4) is 0 Å². The summed E-state index contributed by atoms with van der Waals surface area (Å²) in [7, 11) is 0. The first-order chi connectivity index (χ1) is 13.7. The second-order valence-electron chi connectivity index (χ2n) is 5.73. The summed E-state index contributed by atoms with van der Waals surface area (Å²) in [4.78, 5) is 20.8. The van der Waals surface area contributed by atoms with Gasteiger partial charge in [0.1, 0.15) is 18.4 Å². The molecule has 2 aromatic heterocycles. The van der Waals surface area contributed by atoms with Crippen molar-refractivity contribution in [2.45, 2.75) is 0 Å². The Labute approximate surface area is 165 Å². The van der Waals surface area contributed by atoms with Crippen molar-refractivity contribution in [1.82, 2.24) is 19.7 Å². The minimum atomic E-state index is -0.307. The minimum absolute atomic E-state index is 0.307. The average molecular weight is 392 g/mol. The number of para-hydroxylation sites is 3. The van der Waals surface area contributed by atoms with Crippen molar-refractivity contribution < 1.29 is 9.53 Å². The standard InChI is InChI=1S/C20H14ClN5O2/c21-15-5-1-3-7-17(15)28-18-8-4-2-6-16(18)25-20(27)14-9-10-23-19(11-14)26-13-22-12-24-26/h1-13H,(H,25,27). The Morgan fingerprint density at radius 2 is 1.82 bits per heavy atom. The van der Waals surface area contributed by atoms with E-state index in [9.17, 15) is 4.79 Å². The molecular formula is C20H14ClN5O2. The molecule has 0 aliphatic carbocycles. The van der Waals surface area contributed by atoms with Gasteiger partial charge in [0.2, 0.25) is 0 Å². The number of rotatable bonds is 5. The molecule has 0 saturated carbocycles. The summed E-state index contributed by atoms with van der Waals surface area (Å²) in [5.41, 5.74) is 0.944. The van der Waals surface area contributed by atoms with Gasteiger partial charge in [0.25, 0.3) is 5.91 Å². The number of benzene rings is 2. The maximum atomic E-state index is 12.7. The summed E-state index contributed by atoms with van der Waals surface area (Å²) in [5.74, 6) is 1.17. The normalized spacial score (nSPS) is 10.5. The highest BCUT2D eigenvalue weighted by atomic mass is 35.5. The molecule has 0 unspecified atom stereocenters. The molecule has 0 bridgehead atoms. The van der Waals surface area contributed by atoms with Gasteiger partial charge in [-0.2, -0.15) is 5.10 Å². The number of anilines is 1. The molecule has 7 nitrogen and oxygen atoms in total. The smallest absolute Gasteiger partial charge is 0.255 e. The van der Waals surface area contributed by atoms with E-state index in [0.717, 1.165) is 0 Å². The molecule has 0 saturated heterocycles. The highest BCUT2D eigenvalue weighted by molar-refractivity contribution is 6.32. The second-order valence-corrected chi connectivity index (χ2v) is 6.13. The van der Waals surface area contributed by atoms with Gasteiger partial charge in [-0.05, 0) is 36.4 Å². The van der Waals surface area contributed by atoms with Gasteiger partial charge in [0.05, 0.1) is 10.7 Å². The second kappa shape index (κ2) is 7.89. The molecule has 0 atom stereocenters. The van der Waals surface area contributed by atoms with E-state index in [1.54, 1.807) is 36.4 Å². The summed E-state index contributed by atoms with van der Waals surface area (Å²) in [6, 6.07) is 17.5. The van der Waals surface area contributed by atoms with Gasteiger partial charge in [-0.1, -0.05) is 35.9 Å². The van der Waals surface area contributed by atoms with Gasteiger partial charge in [0, 0.05) is 11.8 Å². The Morgan fingerprint density at radius 1 is 1.04 bits per heavy atom. The summed E-state index contributed by atoms with van der Waals surface area (Å²) in [5, 5.41) is 7.36. The van der Waals surface area contributed by atoms with Crippen LogP contribution >= 0.6 is 11.6 Å². The van der Waals surface area contributed by atoms with Crippen LogP contribution in [0.15, 0.2) is 79.5 Å². The van der Waals surface area contributed by atoms with Crippen molar-refractivity contribution in [1.29, 1.82) is 0 Å². The first kappa shape index (κ1) is 17.7. The lowest BCUT2D eigenvalue weighted by Gasteiger charge is -2.13. The number of carbonyl (C=O) groups excluding carboxylic acids is 1. The highest BCUT2D eigenvalue weighted by Crippen LogP contribution is 2.33. The Bertz CT molecular complexity index is 1120. The number of aromatic nitrogens is 4. The van der Waals surface area contributed by atoms with Crippen LogP contribution in [0.5, 0.6) is 11.5 Å². The Hall–Kier alpha value is -3.71. The molecule has 4 aromatic rings. The fourth-order valence-corrected chi connectivity index (χ4v) is 2.69. The van der Waals surface area contributed by atoms with E-state index in [0.29, 0.717) is 33.6 Å². The Kier molecular flexibility index (Phi) is 4.99. The molecule has 0 aliphatic heterocycles. The van der Waals surface area contributed by atoms with Gasteiger partial charge in [0.15, 0.2) is 11.6 Å². The molecular weight excluding hydrogens is 378 g/mol. The van der Waals surface area contributed by atoms with Crippen LogP contribution in [0, 0.1) is 0 Å². The van der Waals surface area contributed by atoms with Crippen molar-refractivity contribution in [3.05, 3.63) is 90.1 Å². The fourth-order valence-electron chi connectivity index (χ4n) is 2.51. The van der Waals surface area contributed by atoms with E-state index in [2.05, 4.69) is 20.4 Å². The topological polar surface area (TPSA) is 81.9 Å². The highest BCUT2D eigenvalue weighted by Gasteiger charge is 2.13. The van der Waals surface area contributed by atoms with Crippen LogP contribution in [-0.4, -0.2) is 25.7 Å². The fraction of sp³-hybridized carbons (Fsp3) is 0. The molecule has 4 rings (SSSR count). The molecule has 0 spiro atoms. The van der Waals surface area contributed by atoms with E-state index in [4.69, 9.17) is 16.3 Å². The molecule has 28 heavy (non-hydrogen) atoms. The number of hydrogen-bond donors (Lipinski definition) is 1. The van der Waals surface area contributed by atoms with E-state index in [1.165, 1.54) is 23.5 Å². The number of carbonyl (C=O) groups is 1. The summed E-state index contributed by atoms with van der Waals surface area (Å²) in [6.07, 6.45) is 4.45. The van der Waals surface area contributed by atoms with Crippen LogP contribution in [0.4, 0.5) is 5.69 Å². The third kappa shape index (κ3) is 3.84. The lowest BCUT2D eigenvalue weighted by molar-refractivity contribution is 0.102. The molecule has 0 radical (unpaired) electrons. The minimum Gasteiger partial charge on any atom is -0.454 e. The van der Waals surface area contributed by atoms with Crippen molar-refractivity contribution in [3.63, 3.8) is 0 Å². The summed E-state index contributed by atoms with van der Waals surface area (Å²) in [6.45, 7) is 0. The van der Waals surface area contributed by atoms with Crippen molar-refractivity contribution in [2.24, 2.45) is 0 Å². The van der Waals surface area contributed by atoms with Gasteiger partial charge in [-0.25, -0.2) is 14.6 Å². The van der Waals surface area contributed by atoms with E-state index in [-0.39, 0.29) is 5.91 Å². The van der Waals surface area contributed by atoms with Crippen LogP contribution in [0.1, 0.15) is 10.4 Å². The number of amides is 1. The van der Waals surface area contributed by atoms with Crippen molar-refractivity contribution >= 4 is 23.2 Å². The van der Waals surface area contributed by atoms with Crippen LogP contribution in [0.25, 0.3) is 5.82 Å². The van der Waals surface area contributed by atoms with Gasteiger partial charge in [-0.15, -0.1) is 0 Å². The lowest BCUT2D eigenvalue weighted by atomic mass is 10.2. The average Bonchev–Trinajstić information content (AvgIpc) is 3.26. The van der Waals surface area contributed by atoms with Crippen LogP contribution < -0.4 is 10.1 Å². The molecule has 0 fully saturated rings. The number of hydrogen-bond acceptors (Lipinski definition) is 5. The molecule has 1 N–H and O–H groups in total. The molecule has 2 aromatic carbocycles. The third-order valence-electron chi connectivity index (χ3n) is 3.85. The SMILES string of the molecule is O=C(Nc1ccccc1Oc1ccccc1Cl)c1ccnc(-n2cncn2)c1. The zero-order chi connectivity index (χ0) is 19.3. The monoisotopic (exact) mass is 391 g/mol. The lowest BCUT2D eigenvalue weighted by Crippen LogP contribution is -2.13. The Morgan fingerprint density at radius 3 is 2.61 bits per heavy atom. The van der Waals surface area contributed by atoms with Crippen LogP contribution in [-0.2, 0) is 0 Å². The number of halogens is 1.